The van der Waals surface area contributed by atoms with E-state index < -0.39 is 0 Å². The van der Waals surface area contributed by atoms with Crippen molar-refractivity contribution >= 4 is 33.4 Å². The van der Waals surface area contributed by atoms with Gasteiger partial charge in [-0.3, -0.25) is 9.69 Å². The van der Waals surface area contributed by atoms with Gasteiger partial charge in [0.15, 0.2) is 0 Å². The van der Waals surface area contributed by atoms with E-state index in [1.54, 1.807) is 27.8 Å². The van der Waals surface area contributed by atoms with Crippen LogP contribution < -0.4 is 14.4 Å². The summed E-state index contributed by atoms with van der Waals surface area (Å²) in [4.78, 5) is 14.9. The van der Waals surface area contributed by atoms with Gasteiger partial charge in [0.1, 0.15) is 27.6 Å². The monoisotopic (exact) mass is 424 g/mol. The van der Waals surface area contributed by atoms with E-state index in [1.165, 1.54) is 25.6 Å². The fourth-order valence-electron chi connectivity index (χ4n) is 3.14. The Hall–Kier alpha value is -3.53. The van der Waals surface area contributed by atoms with Crippen molar-refractivity contribution < 1.29 is 14.3 Å². The normalized spacial score (nSPS) is 10.9. The van der Waals surface area contributed by atoms with Crippen molar-refractivity contribution in [2.75, 3.05) is 25.7 Å². The molecular formula is C20H20N6O3S. The molecule has 9 nitrogen and oxygen atoms in total. The summed E-state index contributed by atoms with van der Waals surface area (Å²) in [5, 5.41) is 18.0. The van der Waals surface area contributed by atoms with E-state index in [9.17, 15) is 4.79 Å². The molecule has 0 aliphatic carbocycles. The van der Waals surface area contributed by atoms with Gasteiger partial charge in [0.2, 0.25) is 5.13 Å². The lowest BCUT2D eigenvalue weighted by Gasteiger charge is -2.20. The van der Waals surface area contributed by atoms with E-state index in [2.05, 4.69) is 20.5 Å². The van der Waals surface area contributed by atoms with Crippen LogP contribution in [-0.2, 0) is 6.54 Å². The molecule has 154 valence electrons. The summed E-state index contributed by atoms with van der Waals surface area (Å²) in [5.74, 6) is 0.619. The van der Waals surface area contributed by atoms with E-state index in [0.29, 0.717) is 35.3 Å². The van der Waals surface area contributed by atoms with Gasteiger partial charge < -0.3 is 9.47 Å². The molecule has 0 saturated heterocycles. The van der Waals surface area contributed by atoms with Gasteiger partial charge in [-0.2, -0.15) is 0 Å². The Morgan fingerprint density at radius 2 is 1.77 bits per heavy atom. The summed E-state index contributed by atoms with van der Waals surface area (Å²) >= 11 is 1.33. The van der Waals surface area contributed by atoms with Crippen molar-refractivity contribution in [3.63, 3.8) is 0 Å². The van der Waals surface area contributed by atoms with Gasteiger partial charge in [-0.15, -0.1) is 15.3 Å². The molecule has 0 radical (unpaired) electrons. The van der Waals surface area contributed by atoms with Crippen LogP contribution in [-0.4, -0.2) is 51.9 Å². The second-order valence-corrected chi connectivity index (χ2v) is 7.34. The van der Waals surface area contributed by atoms with Crippen molar-refractivity contribution in [2.45, 2.75) is 13.5 Å². The second-order valence-electron chi connectivity index (χ2n) is 6.30. The Bertz CT molecular complexity index is 1170. The lowest BCUT2D eigenvalue weighted by Crippen LogP contribution is -2.31. The van der Waals surface area contributed by atoms with Gasteiger partial charge in [0.25, 0.3) is 5.91 Å². The quantitative estimate of drug-likeness (QED) is 0.450. The van der Waals surface area contributed by atoms with Gasteiger partial charge in [-0.1, -0.05) is 34.7 Å². The maximum absolute atomic E-state index is 13.3. The molecule has 2 aromatic heterocycles. The summed E-state index contributed by atoms with van der Waals surface area (Å²) in [6.45, 7) is 2.72. The first-order valence-corrected chi connectivity index (χ1v) is 10.1. The van der Waals surface area contributed by atoms with Crippen LogP contribution in [0.15, 0.2) is 42.5 Å². The Balaban J connectivity index is 1.62. The largest absolute Gasteiger partial charge is 0.496 e. The lowest BCUT2D eigenvalue weighted by atomic mass is 10.1. The Morgan fingerprint density at radius 1 is 1.03 bits per heavy atom. The molecule has 30 heavy (non-hydrogen) atoms. The van der Waals surface area contributed by atoms with Crippen molar-refractivity contribution in [1.29, 1.82) is 0 Å². The number of anilines is 1. The number of hydrogen-bond donors (Lipinski definition) is 0. The minimum Gasteiger partial charge on any atom is -0.496 e. The van der Waals surface area contributed by atoms with Crippen molar-refractivity contribution in [1.82, 2.24) is 25.2 Å². The molecule has 2 heterocycles. The molecule has 1 amide bonds. The van der Waals surface area contributed by atoms with Gasteiger partial charge in [0.05, 0.1) is 26.3 Å². The van der Waals surface area contributed by atoms with Crippen LogP contribution in [0.4, 0.5) is 5.13 Å². The zero-order valence-corrected chi connectivity index (χ0v) is 17.6. The Morgan fingerprint density at radius 3 is 2.47 bits per heavy atom. The molecule has 2 aromatic carbocycles. The minimum atomic E-state index is -0.263. The summed E-state index contributed by atoms with van der Waals surface area (Å²) in [5.41, 5.74) is 2.08. The molecule has 0 bridgehead atoms. The standard InChI is InChI=1S/C20H20N6O3S/c1-4-25(19(27)18-15(28-2)10-7-11-16(18)29-3)20-23-22-17(30-20)12-26-14-9-6-5-8-13(14)21-24-26/h5-11H,4,12H2,1-3H3. The molecule has 0 aliphatic rings. The predicted molar refractivity (Wildman–Crippen MR) is 113 cm³/mol. The van der Waals surface area contributed by atoms with Crippen LogP contribution >= 0.6 is 11.3 Å². The van der Waals surface area contributed by atoms with Crippen LogP contribution in [0, 0.1) is 0 Å². The molecule has 0 saturated carbocycles. The number of rotatable bonds is 7. The highest BCUT2D eigenvalue weighted by Crippen LogP contribution is 2.32. The van der Waals surface area contributed by atoms with E-state index in [4.69, 9.17) is 9.47 Å². The lowest BCUT2D eigenvalue weighted by molar-refractivity contribution is 0.0982. The Kier molecular flexibility index (Phi) is 5.57. The molecule has 0 atom stereocenters. The zero-order valence-electron chi connectivity index (χ0n) is 16.8. The molecular weight excluding hydrogens is 404 g/mol. The third-order valence-electron chi connectivity index (χ3n) is 4.60. The average molecular weight is 424 g/mol. The highest BCUT2D eigenvalue weighted by Gasteiger charge is 2.26. The smallest absolute Gasteiger partial charge is 0.267 e. The maximum atomic E-state index is 13.3. The first-order valence-electron chi connectivity index (χ1n) is 9.29. The fourth-order valence-corrected chi connectivity index (χ4v) is 4.03. The number of amides is 1. The minimum absolute atomic E-state index is 0.263. The predicted octanol–water partition coefficient (Wildman–Crippen LogP) is 3.02. The first-order chi connectivity index (χ1) is 14.7. The van der Waals surface area contributed by atoms with Gasteiger partial charge >= 0.3 is 0 Å². The Labute approximate surface area is 176 Å². The van der Waals surface area contributed by atoms with E-state index in [1.807, 2.05) is 31.2 Å². The van der Waals surface area contributed by atoms with Crippen molar-refractivity contribution in [3.05, 3.63) is 53.0 Å². The maximum Gasteiger partial charge on any atom is 0.267 e. The first kappa shape index (κ1) is 19.8. The third kappa shape index (κ3) is 3.57. The van der Waals surface area contributed by atoms with Gasteiger partial charge in [0, 0.05) is 6.54 Å². The van der Waals surface area contributed by atoms with Crippen LogP contribution in [0.25, 0.3) is 11.0 Å². The number of para-hydroxylation sites is 1. The average Bonchev–Trinajstić information content (AvgIpc) is 3.41. The number of carbonyl (C=O) groups excluding carboxylic acids is 1. The summed E-state index contributed by atoms with van der Waals surface area (Å²) in [7, 11) is 3.04. The summed E-state index contributed by atoms with van der Waals surface area (Å²) in [6.07, 6.45) is 0. The van der Waals surface area contributed by atoms with E-state index >= 15 is 0 Å². The molecule has 4 rings (SSSR count). The molecule has 0 unspecified atom stereocenters. The van der Waals surface area contributed by atoms with Crippen molar-refractivity contribution in [2.24, 2.45) is 0 Å². The highest BCUT2D eigenvalue weighted by atomic mass is 32.1. The number of aromatic nitrogens is 5. The van der Waals surface area contributed by atoms with Crippen LogP contribution in [0.5, 0.6) is 11.5 Å². The number of methoxy groups -OCH3 is 2. The molecule has 10 heteroatoms. The molecule has 0 N–H and O–H groups in total. The molecule has 0 aliphatic heterocycles. The second kappa shape index (κ2) is 8.46. The van der Waals surface area contributed by atoms with E-state index in [0.717, 1.165) is 16.0 Å². The topological polar surface area (TPSA) is 95.3 Å². The van der Waals surface area contributed by atoms with Crippen LogP contribution in [0.1, 0.15) is 22.3 Å². The number of carbonyl (C=O) groups is 1. The van der Waals surface area contributed by atoms with Crippen LogP contribution in [0.3, 0.4) is 0 Å². The summed E-state index contributed by atoms with van der Waals surface area (Å²) < 4.78 is 12.5. The van der Waals surface area contributed by atoms with Gasteiger partial charge in [-0.25, -0.2) is 4.68 Å². The fraction of sp³-hybridized carbons (Fsp3) is 0.250. The van der Waals surface area contributed by atoms with Gasteiger partial charge in [-0.05, 0) is 31.2 Å². The molecule has 0 fully saturated rings. The number of nitrogens with zero attached hydrogens (tertiary/aromatic N) is 6. The number of benzene rings is 2. The number of ether oxygens (including phenoxy) is 2. The zero-order chi connectivity index (χ0) is 21.1. The number of hydrogen-bond acceptors (Lipinski definition) is 8. The summed E-state index contributed by atoms with van der Waals surface area (Å²) in [6, 6.07) is 12.9. The van der Waals surface area contributed by atoms with Crippen LogP contribution in [0.2, 0.25) is 0 Å². The molecule has 0 spiro atoms. The molecule has 4 aromatic rings. The number of fused-ring (bicyclic) bond motifs is 1. The SMILES string of the molecule is CCN(C(=O)c1c(OC)cccc1OC)c1nnc(Cn2nnc3ccccc32)s1. The van der Waals surface area contributed by atoms with Crippen molar-refractivity contribution in [3.8, 4) is 11.5 Å². The highest BCUT2D eigenvalue weighted by molar-refractivity contribution is 7.15. The van der Waals surface area contributed by atoms with E-state index in [-0.39, 0.29) is 5.91 Å². The third-order valence-corrected chi connectivity index (χ3v) is 5.53.